The Morgan fingerprint density at radius 2 is 1.86 bits per heavy atom. The Balaban J connectivity index is 0.000000845. The van der Waals surface area contributed by atoms with Gasteiger partial charge in [0.25, 0.3) is 0 Å². The molecule has 0 radical (unpaired) electrons. The molecule has 0 aliphatic carbocycles. The molecule has 1 N–H and O–H groups in total. The van der Waals surface area contributed by atoms with E-state index >= 15 is 0 Å². The van der Waals surface area contributed by atoms with E-state index < -0.39 is 0 Å². The third kappa shape index (κ3) is 3.51. The van der Waals surface area contributed by atoms with Gasteiger partial charge in [-0.2, -0.15) is 0 Å². The fourth-order valence-electron chi connectivity index (χ4n) is 1.18. The van der Waals surface area contributed by atoms with Gasteiger partial charge in [0.1, 0.15) is 0 Å². The van der Waals surface area contributed by atoms with Gasteiger partial charge < -0.3 is 10.2 Å². The van der Waals surface area contributed by atoms with Gasteiger partial charge in [-0.3, -0.25) is 0 Å². The minimum Gasteiger partial charge on any atom is -0.344 e. The van der Waals surface area contributed by atoms with Gasteiger partial charge in [-0.1, -0.05) is 11.3 Å². The lowest BCUT2D eigenvalue weighted by Crippen LogP contribution is -2.43. The molecule has 1 saturated heterocycles. The third-order valence-corrected chi connectivity index (χ3v) is 3.19. The molecule has 82 valence electrons. The Kier molecular flexibility index (Phi) is 6.97. The van der Waals surface area contributed by atoms with Crippen LogP contribution in [0.25, 0.3) is 0 Å². The minimum absolute atomic E-state index is 0. The highest BCUT2D eigenvalue weighted by Gasteiger charge is 2.13. The molecule has 0 aromatic carbocycles. The Bertz CT molecular complexity index is 266. The summed E-state index contributed by atoms with van der Waals surface area (Å²) in [6, 6.07) is 0. The van der Waals surface area contributed by atoms with Gasteiger partial charge in [0, 0.05) is 26.2 Å². The van der Waals surface area contributed by atoms with Crippen molar-refractivity contribution in [1.82, 2.24) is 15.5 Å². The number of nitrogens with zero attached hydrogens (tertiary/aromatic N) is 3. The first-order valence-corrected chi connectivity index (χ1v) is 5.42. The van der Waals surface area contributed by atoms with Crippen LogP contribution < -0.4 is 10.2 Å². The molecule has 2 heterocycles. The van der Waals surface area contributed by atoms with E-state index in [9.17, 15) is 0 Å². The van der Waals surface area contributed by atoms with Crippen LogP contribution in [0.3, 0.4) is 0 Å². The van der Waals surface area contributed by atoms with Crippen molar-refractivity contribution < 1.29 is 0 Å². The average molecular weight is 322 g/mol. The smallest absolute Gasteiger partial charge is 0.209 e. The summed E-state index contributed by atoms with van der Waals surface area (Å²) in [6.07, 6.45) is 0. The molecule has 1 fully saturated rings. The highest BCUT2D eigenvalue weighted by molar-refractivity contribution is 9.11. The molecule has 1 aliphatic heterocycles. The van der Waals surface area contributed by atoms with Crippen molar-refractivity contribution in [2.45, 2.75) is 0 Å². The van der Waals surface area contributed by atoms with E-state index in [1.165, 1.54) is 0 Å². The second-order valence-corrected chi connectivity index (χ2v) is 4.81. The number of hydrogen-bond acceptors (Lipinski definition) is 5. The Morgan fingerprint density at radius 3 is 2.36 bits per heavy atom. The monoisotopic (exact) mass is 320 g/mol. The molecule has 0 unspecified atom stereocenters. The lowest BCUT2D eigenvalue weighted by Gasteiger charge is -2.26. The Labute approximate surface area is 107 Å². The van der Waals surface area contributed by atoms with Crippen LogP contribution in [-0.2, 0) is 0 Å². The molecule has 0 amide bonds. The first kappa shape index (κ1) is 14.4. The van der Waals surface area contributed by atoms with Gasteiger partial charge in [-0.05, 0) is 15.9 Å². The maximum atomic E-state index is 4.06. The van der Waals surface area contributed by atoms with Crippen LogP contribution in [0.15, 0.2) is 3.92 Å². The Morgan fingerprint density at radius 1 is 1.21 bits per heavy atom. The summed E-state index contributed by atoms with van der Waals surface area (Å²) in [7, 11) is 0. The predicted octanol–water partition coefficient (Wildman–Crippen LogP) is 1.55. The third-order valence-electron chi connectivity index (χ3n) is 1.78. The van der Waals surface area contributed by atoms with Gasteiger partial charge >= 0.3 is 0 Å². The van der Waals surface area contributed by atoms with Crippen LogP contribution in [0.1, 0.15) is 0 Å². The van der Waals surface area contributed by atoms with Crippen LogP contribution in [0.4, 0.5) is 5.13 Å². The van der Waals surface area contributed by atoms with Crippen LogP contribution in [0.5, 0.6) is 0 Å². The minimum atomic E-state index is 0. The number of hydrogen-bond donors (Lipinski definition) is 1. The first-order chi connectivity index (χ1) is 5.86. The summed E-state index contributed by atoms with van der Waals surface area (Å²) in [5.41, 5.74) is 0. The highest BCUT2D eigenvalue weighted by Crippen LogP contribution is 2.23. The van der Waals surface area contributed by atoms with E-state index in [4.69, 9.17) is 0 Å². The maximum absolute atomic E-state index is 4.06. The van der Waals surface area contributed by atoms with E-state index in [2.05, 4.69) is 36.3 Å². The van der Waals surface area contributed by atoms with Gasteiger partial charge in [-0.15, -0.1) is 35.0 Å². The van der Waals surface area contributed by atoms with E-state index in [1.807, 2.05) is 0 Å². The molecule has 0 saturated carbocycles. The molecular formula is C6H11BrCl2N4S. The van der Waals surface area contributed by atoms with E-state index in [0.29, 0.717) is 0 Å². The molecule has 0 spiro atoms. The number of nitrogens with one attached hydrogen (secondary N) is 1. The SMILES string of the molecule is Brc1nnc(N2CCNCC2)s1.Cl.Cl. The van der Waals surface area contributed by atoms with Gasteiger partial charge in [0.05, 0.1) is 0 Å². The van der Waals surface area contributed by atoms with Crippen molar-refractivity contribution in [2.24, 2.45) is 0 Å². The van der Waals surface area contributed by atoms with Gasteiger partial charge in [0.2, 0.25) is 5.13 Å². The second kappa shape index (κ2) is 6.79. The zero-order valence-electron chi connectivity index (χ0n) is 7.27. The average Bonchev–Trinajstić information content (AvgIpc) is 2.54. The standard InChI is InChI=1S/C6H9BrN4S.2ClH/c7-5-9-10-6(12-5)11-3-1-8-2-4-11;;/h8H,1-4H2;2*1H. The number of aromatic nitrogens is 2. The lowest BCUT2D eigenvalue weighted by atomic mass is 10.4. The van der Waals surface area contributed by atoms with Crippen LogP contribution >= 0.6 is 52.1 Å². The van der Waals surface area contributed by atoms with Crippen LogP contribution in [0, 0.1) is 0 Å². The van der Waals surface area contributed by atoms with Crippen LogP contribution in [0.2, 0.25) is 0 Å². The number of halogens is 3. The summed E-state index contributed by atoms with van der Waals surface area (Å²) in [4.78, 5) is 2.25. The summed E-state index contributed by atoms with van der Waals surface area (Å²) < 4.78 is 0.857. The normalized spacial score (nSPS) is 15.6. The topological polar surface area (TPSA) is 41.1 Å². The van der Waals surface area contributed by atoms with Crippen molar-refractivity contribution in [1.29, 1.82) is 0 Å². The molecule has 4 nitrogen and oxygen atoms in total. The largest absolute Gasteiger partial charge is 0.344 e. The maximum Gasteiger partial charge on any atom is 0.209 e. The Hall–Kier alpha value is 0.380. The fourth-order valence-corrected chi connectivity index (χ4v) is 2.32. The molecule has 8 heteroatoms. The number of piperazine rings is 1. The first-order valence-electron chi connectivity index (χ1n) is 3.81. The lowest BCUT2D eigenvalue weighted by molar-refractivity contribution is 0.587. The van der Waals surface area contributed by atoms with Crippen LogP contribution in [-0.4, -0.2) is 36.4 Å². The molecule has 14 heavy (non-hydrogen) atoms. The molecule has 0 bridgehead atoms. The molecule has 1 aromatic rings. The van der Waals surface area contributed by atoms with Crippen molar-refractivity contribution in [2.75, 3.05) is 31.1 Å². The van der Waals surface area contributed by atoms with Crippen molar-refractivity contribution in [3.8, 4) is 0 Å². The fraction of sp³-hybridized carbons (Fsp3) is 0.667. The summed E-state index contributed by atoms with van der Waals surface area (Å²) in [6.45, 7) is 4.14. The zero-order valence-corrected chi connectivity index (χ0v) is 11.3. The quantitative estimate of drug-likeness (QED) is 0.852. The van der Waals surface area contributed by atoms with Gasteiger partial charge in [0.15, 0.2) is 3.92 Å². The summed E-state index contributed by atoms with van der Waals surface area (Å²) in [5.74, 6) is 0. The van der Waals surface area contributed by atoms with Crippen molar-refractivity contribution >= 4 is 57.2 Å². The second-order valence-electron chi connectivity index (χ2n) is 2.57. The zero-order chi connectivity index (χ0) is 8.39. The van der Waals surface area contributed by atoms with E-state index in [-0.39, 0.29) is 24.8 Å². The summed E-state index contributed by atoms with van der Waals surface area (Å²) in [5, 5.41) is 12.3. The van der Waals surface area contributed by atoms with Crippen molar-refractivity contribution in [3.05, 3.63) is 3.92 Å². The molecule has 1 aromatic heterocycles. The number of rotatable bonds is 1. The van der Waals surface area contributed by atoms with E-state index in [0.717, 1.165) is 35.2 Å². The van der Waals surface area contributed by atoms with Gasteiger partial charge in [-0.25, -0.2) is 0 Å². The van der Waals surface area contributed by atoms with E-state index in [1.54, 1.807) is 11.3 Å². The number of anilines is 1. The molecule has 0 atom stereocenters. The highest BCUT2D eigenvalue weighted by atomic mass is 79.9. The molecular weight excluding hydrogens is 311 g/mol. The van der Waals surface area contributed by atoms with Crippen molar-refractivity contribution in [3.63, 3.8) is 0 Å². The molecule has 2 rings (SSSR count). The summed E-state index contributed by atoms with van der Waals surface area (Å²) >= 11 is 4.89. The molecule has 1 aliphatic rings. The predicted molar refractivity (Wildman–Crippen MR) is 67.2 cm³/mol.